The Bertz CT molecular complexity index is 912. The Morgan fingerprint density at radius 1 is 1.26 bits per heavy atom. The number of piperidine rings is 1. The van der Waals surface area contributed by atoms with Gasteiger partial charge in [0.05, 0.1) is 17.5 Å². The normalized spacial score (nSPS) is 16.8. The summed E-state index contributed by atoms with van der Waals surface area (Å²) in [5.74, 6) is -0.945. The molecule has 2 aromatic rings. The minimum absolute atomic E-state index is 0.0612. The molecule has 0 aliphatic carbocycles. The van der Waals surface area contributed by atoms with E-state index in [1.54, 1.807) is 17.9 Å². The molecule has 0 spiro atoms. The van der Waals surface area contributed by atoms with Gasteiger partial charge in [0.1, 0.15) is 5.82 Å². The fraction of sp³-hybridized carbons (Fsp3) is 0.562. The first-order valence-corrected chi connectivity index (χ1v) is 10.3. The van der Waals surface area contributed by atoms with Gasteiger partial charge in [-0.2, -0.15) is 13.2 Å². The van der Waals surface area contributed by atoms with Crippen LogP contribution in [0.3, 0.4) is 0 Å². The van der Waals surface area contributed by atoms with Gasteiger partial charge in [-0.1, -0.05) is 6.92 Å². The number of halogens is 3. The summed E-state index contributed by atoms with van der Waals surface area (Å²) in [4.78, 5) is 12.9. The number of nitrogens with one attached hydrogen (secondary N) is 1. The molecule has 1 N–H and O–H groups in total. The molecule has 1 aliphatic heterocycles. The van der Waals surface area contributed by atoms with Crippen LogP contribution in [-0.4, -0.2) is 48.3 Å². The van der Waals surface area contributed by atoms with Gasteiger partial charge in [-0.05, 0) is 25.3 Å². The third-order valence-corrected chi connectivity index (χ3v) is 5.98. The van der Waals surface area contributed by atoms with Gasteiger partial charge in [0, 0.05) is 30.7 Å². The second kappa shape index (κ2) is 7.55. The summed E-state index contributed by atoms with van der Waals surface area (Å²) in [6, 6.07) is 1.36. The van der Waals surface area contributed by atoms with Gasteiger partial charge in [0.25, 0.3) is 0 Å². The van der Waals surface area contributed by atoms with E-state index < -0.39 is 22.0 Å². The van der Waals surface area contributed by atoms with Gasteiger partial charge in [-0.15, -0.1) is 0 Å². The van der Waals surface area contributed by atoms with E-state index in [4.69, 9.17) is 0 Å². The Kier molecular flexibility index (Phi) is 5.52. The predicted octanol–water partition coefficient (Wildman–Crippen LogP) is 2.34. The second-order valence-electron chi connectivity index (χ2n) is 6.46. The summed E-state index contributed by atoms with van der Waals surface area (Å²) < 4.78 is 65.9. The minimum Gasteiger partial charge on any atom is -0.356 e. The maximum absolute atomic E-state index is 13.1. The third kappa shape index (κ3) is 4.64. The van der Waals surface area contributed by atoms with Crippen LogP contribution in [0.4, 0.5) is 19.0 Å². The molecule has 148 valence electrons. The van der Waals surface area contributed by atoms with Gasteiger partial charge >= 0.3 is 6.18 Å². The maximum Gasteiger partial charge on any atom is 0.451 e. The van der Waals surface area contributed by atoms with E-state index in [9.17, 15) is 21.6 Å². The van der Waals surface area contributed by atoms with Crippen molar-refractivity contribution in [2.75, 3.05) is 23.7 Å². The van der Waals surface area contributed by atoms with E-state index in [0.29, 0.717) is 37.7 Å². The number of anilines is 1. The molecule has 0 radical (unpaired) electrons. The smallest absolute Gasteiger partial charge is 0.356 e. The van der Waals surface area contributed by atoms with Crippen molar-refractivity contribution in [3.63, 3.8) is 0 Å². The Hall–Kier alpha value is -2.01. The summed E-state index contributed by atoms with van der Waals surface area (Å²) >= 11 is 0. The number of pyridine rings is 1. The van der Waals surface area contributed by atoms with Crippen molar-refractivity contribution in [1.29, 1.82) is 0 Å². The Morgan fingerprint density at radius 2 is 1.96 bits per heavy atom. The summed E-state index contributed by atoms with van der Waals surface area (Å²) in [6.07, 6.45) is -0.403. The van der Waals surface area contributed by atoms with Crippen LogP contribution >= 0.6 is 0 Å². The quantitative estimate of drug-likeness (QED) is 0.825. The lowest BCUT2D eigenvalue weighted by molar-refractivity contribution is -0.144. The average Bonchev–Trinajstić information content (AvgIpc) is 2.60. The molecular formula is C16H20F3N5O2S. The van der Waals surface area contributed by atoms with Crippen LogP contribution in [0.1, 0.15) is 32.0 Å². The van der Waals surface area contributed by atoms with E-state index in [1.807, 2.05) is 0 Å². The largest absolute Gasteiger partial charge is 0.451 e. The van der Waals surface area contributed by atoms with Crippen molar-refractivity contribution in [2.45, 2.75) is 38.4 Å². The monoisotopic (exact) mass is 403 g/mol. The second-order valence-corrected chi connectivity index (χ2v) is 8.33. The van der Waals surface area contributed by atoms with Gasteiger partial charge < -0.3 is 4.90 Å². The zero-order chi connectivity index (χ0) is 19.7. The highest BCUT2D eigenvalue weighted by Crippen LogP contribution is 2.32. The molecule has 1 saturated heterocycles. The highest BCUT2D eigenvalue weighted by molar-refractivity contribution is 7.89. The lowest BCUT2D eigenvalue weighted by Crippen LogP contribution is -2.45. The van der Waals surface area contributed by atoms with Crippen molar-refractivity contribution in [2.24, 2.45) is 0 Å². The predicted molar refractivity (Wildman–Crippen MR) is 94.8 cm³/mol. The van der Waals surface area contributed by atoms with Crippen LogP contribution in [0.15, 0.2) is 18.5 Å². The van der Waals surface area contributed by atoms with Crippen molar-refractivity contribution in [1.82, 2.24) is 19.7 Å². The van der Waals surface area contributed by atoms with Crippen LogP contribution < -0.4 is 9.62 Å². The maximum atomic E-state index is 13.1. The fourth-order valence-corrected chi connectivity index (χ4v) is 4.52. The molecule has 1 aliphatic rings. The lowest BCUT2D eigenvalue weighted by Gasteiger charge is -2.33. The van der Waals surface area contributed by atoms with Crippen molar-refractivity contribution in [3.8, 4) is 0 Å². The van der Waals surface area contributed by atoms with E-state index in [2.05, 4.69) is 19.7 Å². The van der Waals surface area contributed by atoms with Crippen LogP contribution in [0.25, 0.3) is 10.9 Å². The highest BCUT2D eigenvalue weighted by Gasteiger charge is 2.36. The standard InChI is InChI=1S/C16H20F3N5O2S/c1-2-9-27(25,26)23-11-4-7-24(8-5-11)14-12-3-6-20-10-13(12)21-15(22-14)16(17,18)19/h3,6,10-11,23H,2,4-5,7-9H2,1H3. The molecule has 3 rings (SSSR count). The summed E-state index contributed by atoms with van der Waals surface area (Å²) in [7, 11) is -3.33. The number of alkyl halides is 3. The Morgan fingerprint density at radius 3 is 2.59 bits per heavy atom. The number of aromatic nitrogens is 3. The van der Waals surface area contributed by atoms with E-state index in [1.165, 1.54) is 12.4 Å². The molecule has 27 heavy (non-hydrogen) atoms. The van der Waals surface area contributed by atoms with Crippen molar-refractivity contribution >= 4 is 26.7 Å². The molecule has 0 atom stereocenters. The van der Waals surface area contributed by atoms with Crippen LogP contribution in [0, 0.1) is 0 Å². The molecular weight excluding hydrogens is 383 g/mol. The van der Waals surface area contributed by atoms with Gasteiger partial charge in [0.2, 0.25) is 15.8 Å². The number of rotatable bonds is 5. The number of fused-ring (bicyclic) bond motifs is 1. The van der Waals surface area contributed by atoms with Crippen molar-refractivity contribution in [3.05, 3.63) is 24.3 Å². The molecule has 7 nitrogen and oxygen atoms in total. The average molecular weight is 403 g/mol. The first-order valence-electron chi connectivity index (χ1n) is 8.63. The van der Waals surface area contributed by atoms with Gasteiger partial charge in [-0.3, -0.25) is 4.98 Å². The molecule has 1 fully saturated rings. The Labute approximate surface area is 155 Å². The lowest BCUT2D eigenvalue weighted by atomic mass is 10.1. The minimum atomic E-state index is -4.66. The third-order valence-electron chi connectivity index (χ3n) is 4.35. The SMILES string of the molecule is CCCS(=O)(=O)NC1CCN(c2nc(C(F)(F)F)nc3cnccc23)CC1. The van der Waals surface area contributed by atoms with Gasteiger partial charge in [-0.25, -0.2) is 23.1 Å². The van der Waals surface area contributed by atoms with Gasteiger partial charge in [0.15, 0.2) is 0 Å². The molecule has 0 amide bonds. The van der Waals surface area contributed by atoms with Crippen LogP contribution in [0.5, 0.6) is 0 Å². The van der Waals surface area contributed by atoms with Crippen LogP contribution in [-0.2, 0) is 16.2 Å². The van der Waals surface area contributed by atoms with E-state index >= 15 is 0 Å². The number of sulfonamides is 1. The molecule has 3 heterocycles. The molecule has 0 aromatic carbocycles. The number of hydrogen-bond acceptors (Lipinski definition) is 6. The summed E-state index contributed by atoms with van der Waals surface area (Å²) in [5.41, 5.74) is 0.126. The zero-order valence-corrected chi connectivity index (χ0v) is 15.5. The number of nitrogens with zero attached hydrogens (tertiary/aromatic N) is 4. The van der Waals surface area contributed by atoms with Crippen LogP contribution in [0.2, 0.25) is 0 Å². The topological polar surface area (TPSA) is 88.1 Å². The molecule has 0 saturated carbocycles. The summed E-state index contributed by atoms with van der Waals surface area (Å²) in [6.45, 7) is 2.57. The fourth-order valence-electron chi connectivity index (χ4n) is 3.12. The molecule has 0 unspecified atom stereocenters. The highest BCUT2D eigenvalue weighted by atomic mass is 32.2. The number of hydrogen-bond donors (Lipinski definition) is 1. The zero-order valence-electron chi connectivity index (χ0n) is 14.7. The molecule has 2 aromatic heterocycles. The van der Waals surface area contributed by atoms with Crippen molar-refractivity contribution < 1.29 is 21.6 Å². The van der Waals surface area contributed by atoms with E-state index in [0.717, 1.165) is 0 Å². The first kappa shape index (κ1) is 19.7. The summed E-state index contributed by atoms with van der Waals surface area (Å²) in [5, 5.41) is 0.489. The molecule has 0 bridgehead atoms. The molecule has 11 heteroatoms. The Balaban J connectivity index is 1.83. The van der Waals surface area contributed by atoms with E-state index in [-0.39, 0.29) is 23.1 Å². The first-order chi connectivity index (χ1) is 12.7.